The van der Waals surface area contributed by atoms with Gasteiger partial charge in [-0.1, -0.05) is 18.2 Å². The number of amides is 1. The van der Waals surface area contributed by atoms with Crippen LogP contribution >= 0.6 is 11.5 Å². The first-order chi connectivity index (χ1) is 18.4. The first-order valence-electron chi connectivity index (χ1n) is 11.7. The summed E-state index contributed by atoms with van der Waals surface area (Å²) in [4.78, 5) is 13.9. The van der Waals surface area contributed by atoms with Crippen molar-refractivity contribution in [2.45, 2.75) is 12.5 Å². The monoisotopic (exact) mass is 536 g/mol. The molecule has 0 saturated carbocycles. The Balaban J connectivity index is 1.64. The Morgan fingerprint density at radius 1 is 0.921 bits per heavy atom. The lowest BCUT2D eigenvalue weighted by atomic mass is 10.0. The summed E-state index contributed by atoms with van der Waals surface area (Å²) in [5.41, 5.74) is 8.02. The number of nitrogens with zero attached hydrogens (tertiary/aromatic N) is 1. The molecule has 9 nitrogen and oxygen atoms in total. The Kier molecular flexibility index (Phi) is 8.35. The van der Waals surface area contributed by atoms with Gasteiger partial charge in [-0.25, -0.2) is 0 Å². The van der Waals surface area contributed by atoms with Gasteiger partial charge in [-0.2, -0.15) is 4.37 Å². The van der Waals surface area contributed by atoms with Crippen molar-refractivity contribution in [3.05, 3.63) is 66.4 Å². The smallest absolute Gasteiger partial charge is 0.282 e. The minimum Gasteiger partial charge on any atom is -0.508 e. The van der Waals surface area contributed by atoms with E-state index in [0.717, 1.165) is 27.1 Å². The predicted molar refractivity (Wildman–Crippen MR) is 146 cm³/mol. The standard InChI is InChI=1S/C28H29N3O6S/c1-34-23-10-7-17(12-22(23)31-28(33)21(29)11-16-5-8-19(32)9-6-16)20-15-30-38-27(20)18-13-24(35-2)26(37-4)25(14-18)36-3/h5-10,12-15,21,32H,11,29H2,1-4H3,(H,31,33)/p+1/t21-/m0/s1. The molecule has 1 aromatic heterocycles. The zero-order chi connectivity index (χ0) is 27.2. The third-order valence-corrected chi connectivity index (χ3v) is 6.90. The molecule has 3 aromatic carbocycles. The zero-order valence-electron chi connectivity index (χ0n) is 21.6. The van der Waals surface area contributed by atoms with Crippen LogP contribution in [-0.2, 0) is 11.2 Å². The van der Waals surface area contributed by atoms with Crippen molar-refractivity contribution in [2.24, 2.45) is 0 Å². The van der Waals surface area contributed by atoms with E-state index in [1.807, 2.05) is 24.3 Å². The molecular weight excluding hydrogens is 506 g/mol. The fourth-order valence-electron chi connectivity index (χ4n) is 4.08. The molecule has 1 heterocycles. The van der Waals surface area contributed by atoms with E-state index in [1.165, 1.54) is 11.5 Å². The number of carbonyl (C=O) groups is 1. The first kappa shape index (κ1) is 26.8. The van der Waals surface area contributed by atoms with E-state index in [-0.39, 0.29) is 11.7 Å². The number of methoxy groups -OCH3 is 4. The molecule has 1 atom stereocenters. The van der Waals surface area contributed by atoms with E-state index < -0.39 is 6.04 Å². The molecule has 4 rings (SSSR count). The van der Waals surface area contributed by atoms with E-state index in [2.05, 4.69) is 15.4 Å². The lowest BCUT2D eigenvalue weighted by Gasteiger charge is -2.15. The van der Waals surface area contributed by atoms with Crippen molar-refractivity contribution in [1.29, 1.82) is 0 Å². The number of aromatic nitrogens is 1. The fraction of sp³-hybridized carbons (Fsp3) is 0.214. The van der Waals surface area contributed by atoms with E-state index in [0.29, 0.717) is 35.1 Å². The quantitative estimate of drug-likeness (QED) is 0.280. The number of hydrogen-bond donors (Lipinski definition) is 3. The Hall–Kier alpha value is -4.28. The van der Waals surface area contributed by atoms with Gasteiger partial charge in [0, 0.05) is 23.7 Å². The average molecular weight is 537 g/mol. The SMILES string of the molecule is COc1ccc(-c2cnsc2-c2cc(OC)c(OC)c(OC)c2)cc1NC(=O)[C@@H]([NH3+])Cc1ccc(O)cc1. The summed E-state index contributed by atoms with van der Waals surface area (Å²) in [7, 11) is 6.26. The molecule has 0 saturated heterocycles. The molecule has 0 unspecified atom stereocenters. The summed E-state index contributed by atoms with van der Waals surface area (Å²) in [5, 5.41) is 12.5. The highest BCUT2D eigenvalue weighted by molar-refractivity contribution is 7.10. The third kappa shape index (κ3) is 5.66. The fourth-order valence-corrected chi connectivity index (χ4v) is 4.84. The Bertz CT molecular complexity index is 1400. The Labute approximate surface area is 224 Å². The van der Waals surface area contributed by atoms with Gasteiger partial charge in [0.25, 0.3) is 5.91 Å². The van der Waals surface area contributed by atoms with Crippen LogP contribution in [0.3, 0.4) is 0 Å². The molecule has 0 aliphatic heterocycles. The van der Waals surface area contributed by atoms with E-state index in [4.69, 9.17) is 18.9 Å². The van der Waals surface area contributed by atoms with Crippen molar-refractivity contribution in [2.75, 3.05) is 33.8 Å². The summed E-state index contributed by atoms with van der Waals surface area (Å²) >= 11 is 1.34. The molecule has 198 valence electrons. The van der Waals surface area contributed by atoms with Crippen LogP contribution in [0.4, 0.5) is 5.69 Å². The van der Waals surface area contributed by atoms with Gasteiger partial charge < -0.3 is 35.1 Å². The van der Waals surface area contributed by atoms with Crippen LogP contribution in [0.2, 0.25) is 0 Å². The maximum absolute atomic E-state index is 13.0. The summed E-state index contributed by atoms with van der Waals surface area (Å²) in [6.07, 6.45) is 2.21. The van der Waals surface area contributed by atoms with Crippen molar-refractivity contribution in [3.8, 4) is 50.3 Å². The zero-order valence-corrected chi connectivity index (χ0v) is 22.4. The minimum absolute atomic E-state index is 0.175. The van der Waals surface area contributed by atoms with E-state index >= 15 is 0 Å². The van der Waals surface area contributed by atoms with Gasteiger partial charge in [-0.05, 0) is 59.1 Å². The second kappa shape index (κ2) is 11.8. The molecule has 1 amide bonds. The maximum Gasteiger partial charge on any atom is 0.282 e. The van der Waals surface area contributed by atoms with E-state index in [9.17, 15) is 9.90 Å². The van der Waals surface area contributed by atoms with Crippen molar-refractivity contribution in [3.63, 3.8) is 0 Å². The van der Waals surface area contributed by atoms with Gasteiger partial charge in [-0.3, -0.25) is 4.79 Å². The normalized spacial score (nSPS) is 11.5. The third-order valence-electron chi connectivity index (χ3n) is 6.05. The number of phenolic OH excluding ortho intramolecular Hbond substituents is 1. The molecule has 0 radical (unpaired) electrons. The molecule has 5 N–H and O–H groups in total. The highest BCUT2D eigenvalue weighted by Crippen LogP contribution is 2.45. The summed E-state index contributed by atoms with van der Waals surface area (Å²) in [6.45, 7) is 0. The van der Waals surface area contributed by atoms with Gasteiger partial charge in [-0.15, -0.1) is 0 Å². The van der Waals surface area contributed by atoms with Crippen molar-refractivity contribution in [1.82, 2.24) is 4.37 Å². The van der Waals surface area contributed by atoms with E-state index in [1.54, 1.807) is 65.0 Å². The van der Waals surface area contributed by atoms with Gasteiger partial charge in [0.2, 0.25) is 5.75 Å². The summed E-state index contributed by atoms with van der Waals surface area (Å²) in [6, 6.07) is 15.5. The molecule has 0 spiro atoms. The number of benzene rings is 3. The summed E-state index contributed by atoms with van der Waals surface area (Å²) in [5.74, 6) is 2.04. The average Bonchev–Trinajstić information content (AvgIpc) is 3.43. The molecule has 0 aliphatic rings. The number of quaternary nitrogens is 1. The molecule has 4 aromatic rings. The topological polar surface area (TPSA) is 127 Å². The van der Waals surface area contributed by atoms with Gasteiger partial charge in [0.1, 0.15) is 11.5 Å². The van der Waals surface area contributed by atoms with Crippen LogP contribution in [0.15, 0.2) is 60.8 Å². The maximum atomic E-state index is 13.0. The van der Waals surface area contributed by atoms with Gasteiger partial charge in [0.05, 0.1) is 39.0 Å². The van der Waals surface area contributed by atoms with Gasteiger partial charge in [0.15, 0.2) is 17.5 Å². The Morgan fingerprint density at radius 2 is 1.58 bits per heavy atom. The lowest BCUT2D eigenvalue weighted by molar-refractivity contribution is -0.402. The van der Waals surface area contributed by atoms with Crippen molar-refractivity contribution >= 4 is 23.1 Å². The van der Waals surface area contributed by atoms with Crippen LogP contribution in [0.1, 0.15) is 5.56 Å². The first-order valence-corrected chi connectivity index (χ1v) is 12.5. The number of carbonyl (C=O) groups excluding carboxylic acids is 1. The number of nitrogens with one attached hydrogen (secondary N) is 1. The lowest BCUT2D eigenvalue weighted by Crippen LogP contribution is -2.67. The highest BCUT2D eigenvalue weighted by Gasteiger charge is 2.22. The molecule has 0 fully saturated rings. The molecule has 38 heavy (non-hydrogen) atoms. The van der Waals surface area contributed by atoms with Crippen LogP contribution in [0, 0.1) is 0 Å². The predicted octanol–water partition coefficient (Wildman–Crippen LogP) is 4.01. The van der Waals surface area contributed by atoms with Crippen LogP contribution in [0.25, 0.3) is 21.6 Å². The number of rotatable bonds is 10. The Morgan fingerprint density at radius 3 is 2.18 bits per heavy atom. The molecule has 10 heteroatoms. The summed E-state index contributed by atoms with van der Waals surface area (Å²) < 4.78 is 26.4. The number of aromatic hydroxyl groups is 1. The minimum atomic E-state index is -0.550. The molecule has 0 aliphatic carbocycles. The number of hydrogen-bond acceptors (Lipinski definition) is 8. The highest BCUT2D eigenvalue weighted by atomic mass is 32.1. The molecule has 0 bridgehead atoms. The number of ether oxygens (including phenoxy) is 4. The second-order valence-corrected chi connectivity index (χ2v) is 9.26. The number of phenols is 1. The van der Waals surface area contributed by atoms with Crippen LogP contribution in [0.5, 0.6) is 28.7 Å². The van der Waals surface area contributed by atoms with Crippen LogP contribution in [-0.4, -0.2) is 49.9 Å². The molecular formula is C28H30N3O6S+. The van der Waals surface area contributed by atoms with Crippen molar-refractivity contribution < 1.29 is 34.6 Å². The largest absolute Gasteiger partial charge is 0.508 e. The number of anilines is 1. The van der Waals surface area contributed by atoms with Crippen LogP contribution < -0.4 is 30.0 Å². The van der Waals surface area contributed by atoms with Gasteiger partial charge >= 0.3 is 0 Å². The second-order valence-electron chi connectivity index (χ2n) is 8.45.